The molecule has 2 saturated carbocycles. The number of hydrogen-bond donors (Lipinski definition) is 3. The molecule has 0 amide bonds. The number of halogens is 2. The third-order valence-corrected chi connectivity index (χ3v) is 7.70. The van der Waals surface area contributed by atoms with Crippen LogP contribution < -0.4 is 5.32 Å². The summed E-state index contributed by atoms with van der Waals surface area (Å²) in [5.74, 6) is -0.596. The molecule has 0 saturated heterocycles. The van der Waals surface area contributed by atoms with E-state index in [0.717, 1.165) is 18.2 Å². The van der Waals surface area contributed by atoms with Crippen molar-refractivity contribution in [3.63, 3.8) is 0 Å². The first-order chi connectivity index (χ1) is 18.3. The average molecular weight is 551 g/mol. The number of aliphatic hydroxyl groups excluding tert-OH is 2. The summed E-state index contributed by atoms with van der Waals surface area (Å²) in [6.45, 7) is 3.78. The SMILES string of the molecule is CCCSc1nc(N[C@@H]2C[C@H]2c2ccc(F)c(F)c2)c2nnn([C@@H]3C[C@H](OC(=O)OCC)[C@@H](O)[C@H]3O)c2n1. The van der Waals surface area contributed by atoms with Crippen LogP contribution in [0.5, 0.6) is 0 Å². The number of nitrogens with zero attached hydrogens (tertiary/aromatic N) is 5. The van der Waals surface area contributed by atoms with Crippen molar-refractivity contribution in [1.29, 1.82) is 0 Å². The lowest BCUT2D eigenvalue weighted by Crippen LogP contribution is -2.34. The van der Waals surface area contributed by atoms with E-state index in [1.807, 2.05) is 6.92 Å². The molecule has 5 rings (SSSR count). The van der Waals surface area contributed by atoms with Gasteiger partial charge in [-0.2, -0.15) is 0 Å². The number of thioether (sulfide) groups is 1. The zero-order chi connectivity index (χ0) is 27.0. The largest absolute Gasteiger partial charge is 0.508 e. The Kier molecular flexibility index (Phi) is 7.63. The Balaban J connectivity index is 1.41. The Morgan fingerprint density at radius 1 is 1.18 bits per heavy atom. The van der Waals surface area contributed by atoms with Gasteiger partial charge in [0.2, 0.25) is 0 Å². The summed E-state index contributed by atoms with van der Waals surface area (Å²) in [5.41, 5.74) is 1.39. The van der Waals surface area contributed by atoms with Crippen molar-refractivity contribution in [3.05, 3.63) is 35.4 Å². The summed E-state index contributed by atoms with van der Waals surface area (Å²) in [6, 6.07) is 3.05. The molecule has 2 fully saturated rings. The molecule has 1 aromatic carbocycles. The minimum atomic E-state index is -1.35. The van der Waals surface area contributed by atoms with E-state index in [1.165, 1.54) is 22.5 Å². The van der Waals surface area contributed by atoms with Gasteiger partial charge in [0, 0.05) is 24.1 Å². The molecule has 204 valence electrons. The molecule has 3 N–H and O–H groups in total. The van der Waals surface area contributed by atoms with Gasteiger partial charge in [0.25, 0.3) is 0 Å². The summed E-state index contributed by atoms with van der Waals surface area (Å²) in [5, 5.41) is 33.5. The molecule has 0 spiro atoms. The highest BCUT2D eigenvalue weighted by Crippen LogP contribution is 2.44. The van der Waals surface area contributed by atoms with E-state index >= 15 is 0 Å². The third kappa shape index (κ3) is 5.24. The highest BCUT2D eigenvalue weighted by Gasteiger charge is 2.46. The van der Waals surface area contributed by atoms with Crippen LogP contribution in [0.4, 0.5) is 19.4 Å². The Labute approximate surface area is 220 Å². The number of rotatable bonds is 9. The minimum absolute atomic E-state index is 0.0236. The molecule has 0 unspecified atom stereocenters. The number of benzene rings is 1. The molecule has 0 aliphatic heterocycles. The number of fused-ring (bicyclic) bond motifs is 1. The van der Waals surface area contributed by atoms with E-state index in [0.29, 0.717) is 34.1 Å². The molecular weight excluding hydrogens is 522 g/mol. The Morgan fingerprint density at radius 2 is 2.00 bits per heavy atom. The van der Waals surface area contributed by atoms with Crippen LogP contribution in [-0.4, -0.2) is 78.0 Å². The second-order valence-electron chi connectivity index (χ2n) is 9.30. The molecule has 11 nitrogen and oxygen atoms in total. The van der Waals surface area contributed by atoms with Crippen molar-refractivity contribution in [1.82, 2.24) is 25.0 Å². The van der Waals surface area contributed by atoms with Crippen molar-refractivity contribution < 1.29 is 33.3 Å². The van der Waals surface area contributed by atoms with Crippen molar-refractivity contribution >= 4 is 34.9 Å². The van der Waals surface area contributed by atoms with Crippen LogP contribution in [0, 0.1) is 11.6 Å². The number of aliphatic hydroxyl groups is 2. The van der Waals surface area contributed by atoms with Gasteiger partial charge in [-0.05, 0) is 37.5 Å². The van der Waals surface area contributed by atoms with Crippen LogP contribution in [0.25, 0.3) is 11.2 Å². The number of ether oxygens (including phenoxy) is 2. The van der Waals surface area contributed by atoms with Crippen LogP contribution in [0.3, 0.4) is 0 Å². The highest BCUT2D eigenvalue weighted by atomic mass is 32.2. The van der Waals surface area contributed by atoms with Crippen LogP contribution >= 0.6 is 11.8 Å². The third-order valence-electron chi connectivity index (χ3n) is 6.65. The van der Waals surface area contributed by atoms with Crippen molar-refractivity contribution in [2.24, 2.45) is 0 Å². The number of hydrogen-bond acceptors (Lipinski definition) is 11. The lowest BCUT2D eigenvalue weighted by atomic mass is 10.1. The van der Waals surface area contributed by atoms with Crippen LogP contribution in [0.1, 0.15) is 50.6 Å². The van der Waals surface area contributed by atoms with Gasteiger partial charge >= 0.3 is 6.16 Å². The molecule has 3 aromatic rings. The van der Waals surface area contributed by atoms with Crippen molar-refractivity contribution in [2.75, 3.05) is 17.7 Å². The van der Waals surface area contributed by atoms with Crippen LogP contribution in [-0.2, 0) is 9.47 Å². The van der Waals surface area contributed by atoms with Gasteiger partial charge in [0.1, 0.15) is 18.3 Å². The molecule has 0 bridgehead atoms. The zero-order valence-electron chi connectivity index (χ0n) is 20.8. The number of carbonyl (C=O) groups is 1. The molecule has 2 heterocycles. The average Bonchev–Trinajstić information content (AvgIpc) is 3.44. The molecule has 38 heavy (non-hydrogen) atoms. The van der Waals surface area contributed by atoms with E-state index in [2.05, 4.69) is 25.6 Å². The number of anilines is 1. The first kappa shape index (κ1) is 26.5. The lowest BCUT2D eigenvalue weighted by molar-refractivity contribution is -0.0488. The predicted octanol–water partition coefficient (Wildman–Crippen LogP) is 3.18. The van der Waals surface area contributed by atoms with Crippen molar-refractivity contribution in [2.45, 2.75) is 74.6 Å². The van der Waals surface area contributed by atoms with E-state index < -0.39 is 42.1 Å². The summed E-state index contributed by atoms with van der Waals surface area (Å²) >= 11 is 1.45. The maximum absolute atomic E-state index is 13.7. The quantitative estimate of drug-likeness (QED) is 0.205. The fourth-order valence-electron chi connectivity index (χ4n) is 4.64. The Bertz CT molecular complexity index is 1330. The van der Waals surface area contributed by atoms with Gasteiger partial charge < -0.3 is 25.0 Å². The van der Waals surface area contributed by atoms with Gasteiger partial charge in [0.05, 0.1) is 12.6 Å². The van der Waals surface area contributed by atoms with E-state index in [4.69, 9.17) is 9.47 Å². The first-order valence-electron chi connectivity index (χ1n) is 12.5. The molecule has 2 aliphatic carbocycles. The molecule has 0 radical (unpaired) electrons. The first-order valence-corrected chi connectivity index (χ1v) is 13.5. The molecule has 2 aromatic heterocycles. The maximum Gasteiger partial charge on any atom is 0.508 e. The minimum Gasteiger partial charge on any atom is -0.435 e. The molecule has 14 heteroatoms. The second-order valence-corrected chi connectivity index (χ2v) is 10.4. The fraction of sp³-hybridized carbons (Fsp3) is 0.542. The van der Waals surface area contributed by atoms with Gasteiger partial charge in [0.15, 0.2) is 33.8 Å². The number of aromatic nitrogens is 5. The molecule has 6 atom stereocenters. The Morgan fingerprint density at radius 3 is 2.74 bits per heavy atom. The number of nitrogens with one attached hydrogen (secondary N) is 1. The van der Waals surface area contributed by atoms with Crippen molar-refractivity contribution in [3.8, 4) is 0 Å². The van der Waals surface area contributed by atoms with Gasteiger partial charge in [-0.15, -0.1) is 5.10 Å². The summed E-state index contributed by atoms with van der Waals surface area (Å²) < 4.78 is 38.5. The second kappa shape index (κ2) is 10.9. The highest BCUT2D eigenvalue weighted by molar-refractivity contribution is 7.99. The zero-order valence-corrected chi connectivity index (χ0v) is 21.6. The summed E-state index contributed by atoms with van der Waals surface area (Å²) in [6.07, 6.45) is -2.90. The van der Waals surface area contributed by atoms with Gasteiger partial charge in [-0.25, -0.2) is 28.2 Å². The smallest absolute Gasteiger partial charge is 0.435 e. The summed E-state index contributed by atoms with van der Waals surface area (Å²) in [7, 11) is 0. The summed E-state index contributed by atoms with van der Waals surface area (Å²) in [4.78, 5) is 21.0. The van der Waals surface area contributed by atoms with E-state index in [-0.39, 0.29) is 25.0 Å². The Hall–Kier alpha value is -3.10. The topological polar surface area (TPSA) is 145 Å². The molecular formula is C24H28F2N6O5S. The monoisotopic (exact) mass is 550 g/mol. The van der Waals surface area contributed by atoms with Gasteiger partial charge in [-0.3, -0.25) is 0 Å². The fourth-order valence-corrected chi connectivity index (χ4v) is 5.33. The van der Waals surface area contributed by atoms with E-state index in [1.54, 1.807) is 13.0 Å². The molecule has 2 aliphatic rings. The maximum atomic E-state index is 13.7. The van der Waals surface area contributed by atoms with Crippen LogP contribution in [0.2, 0.25) is 0 Å². The predicted molar refractivity (Wildman–Crippen MR) is 133 cm³/mol. The van der Waals surface area contributed by atoms with Crippen LogP contribution in [0.15, 0.2) is 23.4 Å². The normalized spacial score (nSPS) is 26.5. The standard InChI is InChI=1S/C24H28F2N6O5S/c1-3-7-38-23-28-21(27-15-9-12(15)11-5-6-13(25)14(26)8-11)18-22(29-23)32(31-30-18)16-10-17(20(34)19(16)33)37-24(35)36-4-2/h5-6,8,12,15-17,19-20,33-34H,3-4,7,9-10H2,1-2H3,(H,27,28,29)/t12-,15+,16+,17-,19-,20+/m0/s1. The number of carbonyl (C=O) groups excluding carboxylic acids is 1. The van der Waals surface area contributed by atoms with E-state index in [9.17, 15) is 23.8 Å². The lowest BCUT2D eigenvalue weighted by Gasteiger charge is -2.17. The van der Waals surface area contributed by atoms with Gasteiger partial charge in [-0.1, -0.05) is 30.0 Å².